The Bertz CT molecular complexity index is 636. The van der Waals surface area contributed by atoms with Crippen molar-refractivity contribution in [2.75, 3.05) is 5.75 Å². The Morgan fingerprint density at radius 2 is 1.67 bits per heavy atom. The molecule has 0 aliphatic carbocycles. The molecule has 7 heteroatoms. The van der Waals surface area contributed by atoms with Gasteiger partial charge in [0.2, 0.25) is 0 Å². The summed E-state index contributed by atoms with van der Waals surface area (Å²) in [5.74, 6) is 0.943. The first-order valence-corrected chi connectivity index (χ1v) is 7.00. The van der Waals surface area contributed by atoms with Gasteiger partial charge in [0, 0.05) is 16.2 Å². The quantitative estimate of drug-likeness (QED) is 0.291. The van der Waals surface area contributed by atoms with Crippen molar-refractivity contribution in [3.8, 4) is 0 Å². The zero-order chi connectivity index (χ0) is 15.4. The van der Waals surface area contributed by atoms with Gasteiger partial charge in [-0.2, -0.15) is 0 Å². The lowest BCUT2D eigenvalue weighted by Gasteiger charge is -2.17. The van der Waals surface area contributed by atoms with Gasteiger partial charge in [-0.25, -0.2) is 17.6 Å². The minimum Gasteiger partial charge on any atom is -0.271 e. The highest BCUT2D eigenvalue weighted by atomic mass is 32.2. The smallest absolute Gasteiger partial charge is 0.194 e. The number of hydrogen-bond donors (Lipinski definition) is 2. The molecule has 2 aromatic carbocycles. The maximum atomic E-state index is 13.7. The second-order valence-electron chi connectivity index (χ2n) is 4.23. The van der Waals surface area contributed by atoms with Crippen LogP contribution in [0.25, 0.3) is 0 Å². The van der Waals surface area contributed by atoms with Crippen LogP contribution in [0, 0.1) is 23.3 Å². The van der Waals surface area contributed by atoms with Crippen molar-refractivity contribution in [3.63, 3.8) is 0 Å². The Kier molecular flexibility index (Phi) is 5.22. The van der Waals surface area contributed by atoms with E-state index >= 15 is 0 Å². The summed E-state index contributed by atoms with van der Waals surface area (Å²) < 4.78 is 53.3. The lowest BCUT2D eigenvalue weighted by atomic mass is 10.1. The molecule has 0 radical (unpaired) electrons. The highest BCUT2D eigenvalue weighted by molar-refractivity contribution is 7.99. The fraction of sp³-hybridized carbons (Fsp3) is 0.143. The van der Waals surface area contributed by atoms with Gasteiger partial charge < -0.3 is 0 Å². The molecule has 0 saturated heterocycles. The Hall–Kier alpha value is -1.57. The third-order valence-electron chi connectivity index (χ3n) is 2.88. The van der Waals surface area contributed by atoms with Gasteiger partial charge in [-0.15, -0.1) is 11.8 Å². The molecule has 21 heavy (non-hydrogen) atoms. The fourth-order valence-corrected chi connectivity index (χ4v) is 2.78. The lowest BCUT2D eigenvalue weighted by molar-refractivity contribution is 0.431. The van der Waals surface area contributed by atoms with Crippen molar-refractivity contribution in [2.45, 2.75) is 10.9 Å². The van der Waals surface area contributed by atoms with Crippen LogP contribution >= 0.6 is 11.8 Å². The molecule has 0 fully saturated rings. The topological polar surface area (TPSA) is 38.0 Å². The molecule has 0 aliphatic rings. The van der Waals surface area contributed by atoms with Crippen LogP contribution in [0.4, 0.5) is 17.6 Å². The summed E-state index contributed by atoms with van der Waals surface area (Å²) in [6.45, 7) is 0. The van der Waals surface area contributed by atoms with Crippen molar-refractivity contribution >= 4 is 11.8 Å². The standard InChI is InChI=1S/C14H12F4N2S/c15-9-3-1-2-4-12(9)21-7-11(20-19)8-5-6-10(16)14(18)13(8)17/h1-6,11,20H,7,19H2. The van der Waals surface area contributed by atoms with Crippen molar-refractivity contribution < 1.29 is 17.6 Å². The minimum absolute atomic E-state index is 0.111. The first-order valence-electron chi connectivity index (χ1n) is 6.01. The van der Waals surface area contributed by atoms with Gasteiger partial charge in [-0.1, -0.05) is 18.2 Å². The highest BCUT2D eigenvalue weighted by Crippen LogP contribution is 2.28. The Morgan fingerprint density at radius 1 is 0.952 bits per heavy atom. The average Bonchev–Trinajstić information content (AvgIpc) is 2.49. The lowest BCUT2D eigenvalue weighted by Crippen LogP contribution is -2.30. The molecule has 0 aromatic heterocycles. The van der Waals surface area contributed by atoms with E-state index in [4.69, 9.17) is 5.84 Å². The third kappa shape index (κ3) is 3.55. The van der Waals surface area contributed by atoms with Crippen molar-refractivity contribution in [3.05, 3.63) is 65.2 Å². The largest absolute Gasteiger partial charge is 0.271 e. The number of hydrogen-bond acceptors (Lipinski definition) is 3. The summed E-state index contributed by atoms with van der Waals surface area (Å²) in [5, 5.41) is 0. The van der Waals surface area contributed by atoms with Gasteiger partial charge in [0.15, 0.2) is 17.5 Å². The van der Waals surface area contributed by atoms with E-state index in [0.29, 0.717) is 4.90 Å². The van der Waals surface area contributed by atoms with Crippen LogP contribution in [0.3, 0.4) is 0 Å². The van der Waals surface area contributed by atoms with Gasteiger partial charge in [0.25, 0.3) is 0 Å². The number of rotatable bonds is 5. The van der Waals surface area contributed by atoms with E-state index in [9.17, 15) is 17.6 Å². The summed E-state index contributed by atoms with van der Waals surface area (Å²) in [4.78, 5) is 0.362. The number of halogens is 4. The molecule has 0 amide bonds. The summed E-state index contributed by atoms with van der Waals surface area (Å²) in [7, 11) is 0. The monoisotopic (exact) mass is 316 g/mol. The molecule has 2 rings (SSSR count). The van der Waals surface area contributed by atoms with Gasteiger partial charge in [0.05, 0.1) is 6.04 Å². The summed E-state index contributed by atoms with van der Waals surface area (Å²) >= 11 is 1.09. The molecular formula is C14H12F4N2S. The van der Waals surface area contributed by atoms with Crippen LogP contribution in [0.1, 0.15) is 11.6 Å². The van der Waals surface area contributed by atoms with Crippen LogP contribution in [0.15, 0.2) is 41.3 Å². The molecule has 3 N–H and O–H groups in total. The van der Waals surface area contributed by atoms with Gasteiger partial charge in [-0.3, -0.25) is 11.3 Å². The van der Waals surface area contributed by atoms with Crippen LogP contribution < -0.4 is 11.3 Å². The van der Waals surface area contributed by atoms with Gasteiger partial charge >= 0.3 is 0 Å². The fourth-order valence-electron chi connectivity index (χ4n) is 1.77. The molecule has 1 unspecified atom stereocenters. The van der Waals surface area contributed by atoms with Gasteiger partial charge in [0.1, 0.15) is 5.82 Å². The predicted octanol–water partition coefficient (Wildman–Crippen LogP) is 3.54. The van der Waals surface area contributed by atoms with E-state index in [1.165, 1.54) is 6.07 Å². The molecule has 2 nitrogen and oxygen atoms in total. The third-order valence-corrected chi connectivity index (χ3v) is 4.03. The summed E-state index contributed by atoms with van der Waals surface area (Å²) in [6.07, 6.45) is 0. The second kappa shape index (κ2) is 6.93. The molecule has 2 aromatic rings. The van der Waals surface area contributed by atoms with Crippen molar-refractivity contribution in [2.24, 2.45) is 5.84 Å². The molecule has 0 bridgehead atoms. The second-order valence-corrected chi connectivity index (χ2v) is 5.29. The first-order chi connectivity index (χ1) is 10.0. The van der Waals surface area contributed by atoms with E-state index < -0.39 is 29.3 Å². The number of thioether (sulfide) groups is 1. The minimum atomic E-state index is -1.55. The average molecular weight is 316 g/mol. The predicted molar refractivity (Wildman–Crippen MR) is 73.5 cm³/mol. The zero-order valence-corrected chi connectivity index (χ0v) is 11.6. The maximum Gasteiger partial charge on any atom is 0.194 e. The number of benzene rings is 2. The first kappa shape index (κ1) is 15.8. The molecule has 0 aliphatic heterocycles. The SMILES string of the molecule is NNC(CSc1ccccc1F)c1ccc(F)c(F)c1F. The number of nitrogens with two attached hydrogens (primary N) is 1. The molecular weight excluding hydrogens is 304 g/mol. The van der Waals surface area contributed by atoms with Crippen molar-refractivity contribution in [1.82, 2.24) is 5.43 Å². The van der Waals surface area contributed by atoms with Gasteiger partial charge in [-0.05, 0) is 18.2 Å². The van der Waals surface area contributed by atoms with E-state index in [-0.39, 0.29) is 11.3 Å². The highest BCUT2D eigenvalue weighted by Gasteiger charge is 2.20. The molecule has 1 atom stereocenters. The Balaban J connectivity index is 2.18. The maximum absolute atomic E-state index is 13.7. The summed E-state index contributed by atoms with van der Waals surface area (Å²) in [5.41, 5.74) is 2.21. The van der Waals surface area contributed by atoms with Crippen LogP contribution in [-0.4, -0.2) is 5.75 Å². The number of nitrogens with one attached hydrogen (secondary N) is 1. The number of hydrazine groups is 1. The molecule has 0 saturated carbocycles. The van der Waals surface area contributed by atoms with E-state index in [0.717, 1.165) is 23.9 Å². The van der Waals surface area contributed by atoms with E-state index in [1.54, 1.807) is 18.2 Å². The molecule has 0 spiro atoms. The molecule has 0 heterocycles. The summed E-state index contributed by atoms with van der Waals surface area (Å²) in [6, 6.07) is 7.22. The Labute approximate surface area is 123 Å². The Morgan fingerprint density at radius 3 is 2.33 bits per heavy atom. The van der Waals surface area contributed by atoms with Crippen molar-refractivity contribution in [1.29, 1.82) is 0 Å². The molecule has 112 valence electrons. The van der Waals surface area contributed by atoms with Crippen LogP contribution in [0.2, 0.25) is 0 Å². The van der Waals surface area contributed by atoms with E-state index in [1.807, 2.05) is 0 Å². The van der Waals surface area contributed by atoms with E-state index in [2.05, 4.69) is 5.43 Å². The zero-order valence-electron chi connectivity index (χ0n) is 10.7. The van der Waals surface area contributed by atoms with Crippen LogP contribution in [-0.2, 0) is 0 Å². The van der Waals surface area contributed by atoms with Crippen LogP contribution in [0.5, 0.6) is 0 Å². The normalized spacial score (nSPS) is 12.4.